The second-order valence-corrected chi connectivity index (χ2v) is 8.34. The summed E-state index contributed by atoms with van der Waals surface area (Å²) >= 11 is 0. The molecule has 0 amide bonds. The first kappa shape index (κ1) is 22.2. The van der Waals surface area contributed by atoms with Gasteiger partial charge in [0.25, 0.3) is 0 Å². The molecular weight excluding hydrogens is 435 g/mol. The number of fused-ring (bicyclic) bond motifs is 1. The Bertz CT molecular complexity index is 1190. The van der Waals surface area contributed by atoms with Crippen LogP contribution in [0, 0.1) is 26.7 Å². The number of ether oxygens (including phenoxy) is 1. The van der Waals surface area contributed by atoms with Gasteiger partial charge in [0.2, 0.25) is 5.92 Å². The number of H-pyrrole nitrogens is 1. The topological polar surface area (TPSA) is 72.3 Å². The quantitative estimate of drug-likeness (QED) is 0.425. The van der Waals surface area contributed by atoms with Gasteiger partial charge in [0.15, 0.2) is 22.9 Å². The van der Waals surface area contributed by atoms with Crippen LogP contribution in [0.15, 0.2) is 12.3 Å². The molecule has 3 aromatic heterocycles. The second kappa shape index (κ2) is 7.56. The molecule has 0 aliphatic heterocycles. The molecule has 0 radical (unpaired) electrons. The highest BCUT2D eigenvalue weighted by Crippen LogP contribution is 2.42. The van der Waals surface area contributed by atoms with Crippen LogP contribution in [-0.4, -0.2) is 37.9 Å². The maximum Gasteiger partial charge on any atom is 0.435 e. The summed E-state index contributed by atoms with van der Waals surface area (Å²) < 4.78 is 73.1. The maximum absolute atomic E-state index is 13.2. The molecule has 11 heteroatoms. The monoisotopic (exact) mass is 456 g/mol. The number of halogens is 5. The SMILES string of the molecule is Cc1cc(OCC2CC(F)(F)C2)c2nc(C)c(C(=O)Cc3c(C(F)(F)F)n[nH]c3C)n2c1. The highest BCUT2D eigenvalue weighted by molar-refractivity contribution is 5.98. The molecule has 0 spiro atoms. The predicted octanol–water partition coefficient (Wildman–Crippen LogP) is 4.85. The van der Waals surface area contributed by atoms with Crippen molar-refractivity contribution >= 4 is 11.4 Å². The minimum atomic E-state index is -4.69. The molecule has 0 saturated heterocycles. The van der Waals surface area contributed by atoms with Crippen LogP contribution in [-0.2, 0) is 12.6 Å². The lowest BCUT2D eigenvalue weighted by atomic mass is 9.82. The number of aryl methyl sites for hydroxylation is 3. The molecule has 0 atom stereocenters. The van der Waals surface area contributed by atoms with Crippen molar-refractivity contribution in [3.63, 3.8) is 0 Å². The Kier molecular flexibility index (Phi) is 5.25. The van der Waals surface area contributed by atoms with E-state index in [1.54, 1.807) is 26.1 Å². The molecule has 3 aromatic rings. The number of hydrogen-bond donors (Lipinski definition) is 1. The number of rotatable bonds is 6. The summed E-state index contributed by atoms with van der Waals surface area (Å²) in [5.41, 5.74) is 0.317. The Hall–Kier alpha value is -2.98. The summed E-state index contributed by atoms with van der Waals surface area (Å²) in [5.74, 6) is -3.15. The lowest BCUT2D eigenvalue weighted by Gasteiger charge is -2.34. The second-order valence-electron chi connectivity index (χ2n) is 8.34. The van der Waals surface area contributed by atoms with Crippen molar-refractivity contribution in [2.45, 2.75) is 52.1 Å². The zero-order chi connectivity index (χ0) is 23.4. The number of aromatic nitrogens is 4. The molecule has 3 heterocycles. The molecule has 1 fully saturated rings. The van der Waals surface area contributed by atoms with Crippen LogP contribution < -0.4 is 4.74 Å². The average Bonchev–Trinajstić information content (AvgIpc) is 3.17. The molecule has 32 heavy (non-hydrogen) atoms. The van der Waals surface area contributed by atoms with Gasteiger partial charge in [-0.1, -0.05) is 0 Å². The van der Waals surface area contributed by atoms with Crippen LogP contribution in [0.3, 0.4) is 0 Å². The van der Waals surface area contributed by atoms with Crippen molar-refractivity contribution in [3.05, 3.63) is 46.2 Å². The summed E-state index contributed by atoms with van der Waals surface area (Å²) in [6, 6.07) is 1.69. The van der Waals surface area contributed by atoms with Crippen molar-refractivity contribution in [1.29, 1.82) is 0 Å². The van der Waals surface area contributed by atoms with E-state index in [4.69, 9.17) is 4.74 Å². The number of imidazole rings is 1. The van der Waals surface area contributed by atoms with Gasteiger partial charge in [-0.05, 0) is 32.4 Å². The summed E-state index contributed by atoms with van der Waals surface area (Å²) in [4.78, 5) is 17.4. The summed E-state index contributed by atoms with van der Waals surface area (Å²) in [6.07, 6.45) is -4.03. The van der Waals surface area contributed by atoms with Crippen LogP contribution in [0.4, 0.5) is 22.0 Å². The first-order chi connectivity index (χ1) is 14.9. The fraction of sp³-hybridized carbons (Fsp3) is 0.476. The van der Waals surface area contributed by atoms with E-state index in [0.29, 0.717) is 22.7 Å². The van der Waals surface area contributed by atoms with Gasteiger partial charge in [-0.25, -0.2) is 13.8 Å². The molecule has 6 nitrogen and oxygen atoms in total. The van der Waals surface area contributed by atoms with Gasteiger partial charge in [0, 0.05) is 42.6 Å². The van der Waals surface area contributed by atoms with Gasteiger partial charge >= 0.3 is 6.18 Å². The minimum absolute atomic E-state index is 0.0903. The van der Waals surface area contributed by atoms with Crippen molar-refractivity contribution in [3.8, 4) is 5.75 Å². The lowest BCUT2D eigenvalue weighted by molar-refractivity contribution is -0.141. The minimum Gasteiger partial charge on any atom is -0.489 e. The van der Waals surface area contributed by atoms with E-state index in [-0.39, 0.29) is 42.3 Å². The van der Waals surface area contributed by atoms with Crippen molar-refractivity contribution < 1.29 is 31.5 Å². The van der Waals surface area contributed by atoms with Crippen molar-refractivity contribution in [2.24, 2.45) is 5.92 Å². The van der Waals surface area contributed by atoms with Gasteiger partial charge in [-0.2, -0.15) is 18.3 Å². The molecule has 172 valence electrons. The van der Waals surface area contributed by atoms with Gasteiger partial charge in [-0.15, -0.1) is 0 Å². The van der Waals surface area contributed by atoms with E-state index < -0.39 is 30.0 Å². The summed E-state index contributed by atoms with van der Waals surface area (Å²) in [7, 11) is 0. The number of hydrogen-bond acceptors (Lipinski definition) is 4. The summed E-state index contributed by atoms with van der Waals surface area (Å²) in [6.45, 7) is 4.85. The fourth-order valence-electron chi connectivity index (χ4n) is 4.06. The zero-order valence-electron chi connectivity index (χ0n) is 17.6. The van der Waals surface area contributed by atoms with Crippen LogP contribution in [0.25, 0.3) is 5.65 Å². The first-order valence-corrected chi connectivity index (χ1v) is 10.00. The Balaban J connectivity index is 1.64. The predicted molar refractivity (Wildman–Crippen MR) is 104 cm³/mol. The van der Waals surface area contributed by atoms with Gasteiger partial charge < -0.3 is 4.74 Å². The third kappa shape index (κ3) is 4.07. The standard InChI is InChI=1S/C21H21F5N4O2/c1-10-4-16(32-9-13-6-20(22,23)7-13)19-27-12(3)17(30(19)8-10)15(31)5-14-11(2)28-29-18(14)21(24,25)26/h4,8,13H,5-7,9H2,1-3H3,(H,28,29). The fourth-order valence-corrected chi connectivity index (χ4v) is 4.06. The molecular formula is C21H21F5N4O2. The van der Waals surface area contributed by atoms with E-state index in [2.05, 4.69) is 15.2 Å². The van der Waals surface area contributed by atoms with Gasteiger partial charge in [0.1, 0.15) is 5.69 Å². The highest BCUT2D eigenvalue weighted by atomic mass is 19.4. The molecule has 0 aromatic carbocycles. The van der Waals surface area contributed by atoms with E-state index >= 15 is 0 Å². The molecule has 0 unspecified atom stereocenters. The van der Waals surface area contributed by atoms with Crippen molar-refractivity contribution in [2.75, 3.05) is 6.61 Å². The number of alkyl halides is 5. The number of carbonyl (C=O) groups excluding carboxylic acids is 1. The number of ketones is 1. The molecule has 4 rings (SSSR count). The molecule has 1 aliphatic rings. The van der Waals surface area contributed by atoms with Gasteiger partial charge in [0.05, 0.1) is 12.3 Å². The molecule has 1 N–H and O–H groups in total. The van der Waals surface area contributed by atoms with Crippen LogP contribution in [0.1, 0.15) is 51.5 Å². The third-order valence-corrected chi connectivity index (χ3v) is 5.59. The average molecular weight is 456 g/mol. The third-order valence-electron chi connectivity index (χ3n) is 5.59. The molecule has 1 saturated carbocycles. The van der Waals surface area contributed by atoms with Crippen LogP contribution in [0.5, 0.6) is 5.75 Å². The zero-order valence-corrected chi connectivity index (χ0v) is 17.6. The van der Waals surface area contributed by atoms with E-state index in [0.717, 1.165) is 0 Å². The van der Waals surface area contributed by atoms with Crippen LogP contribution in [0.2, 0.25) is 0 Å². The Labute approximate surface area is 179 Å². The first-order valence-electron chi connectivity index (χ1n) is 10.00. The maximum atomic E-state index is 13.2. The van der Waals surface area contributed by atoms with Crippen LogP contribution >= 0.6 is 0 Å². The number of carbonyl (C=O) groups is 1. The largest absolute Gasteiger partial charge is 0.489 e. The number of aromatic amines is 1. The van der Waals surface area contributed by atoms with E-state index in [9.17, 15) is 26.7 Å². The Morgan fingerprint density at radius 1 is 1.28 bits per heavy atom. The number of Topliss-reactive ketones (excluding diaryl/α,β-unsaturated/α-hetero) is 1. The number of pyridine rings is 1. The van der Waals surface area contributed by atoms with Gasteiger partial charge in [-0.3, -0.25) is 14.3 Å². The highest BCUT2D eigenvalue weighted by Gasteiger charge is 2.45. The number of nitrogens with one attached hydrogen (secondary N) is 1. The lowest BCUT2D eigenvalue weighted by Crippen LogP contribution is -2.38. The Morgan fingerprint density at radius 3 is 2.59 bits per heavy atom. The molecule has 1 aliphatic carbocycles. The van der Waals surface area contributed by atoms with E-state index in [1.165, 1.54) is 11.3 Å². The Morgan fingerprint density at radius 2 is 1.97 bits per heavy atom. The van der Waals surface area contributed by atoms with Crippen molar-refractivity contribution in [1.82, 2.24) is 19.6 Å². The normalized spacial score (nSPS) is 16.4. The summed E-state index contributed by atoms with van der Waals surface area (Å²) in [5, 5.41) is 5.59. The molecule has 0 bridgehead atoms. The number of nitrogens with zero attached hydrogens (tertiary/aromatic N) is 3. The van der Waals surface area contributed by atoms with E-state index in [1.807, 2.05) is 0 Å². The smallest absolute Gasteiger partial charge is 0.435 e.